The van der Waals surface area contributed by atoms with Crippen LogP contribution in [0.3, 0.4) is 0 Å². The molecule has 1 aromatic heterocycles. The van der Waals surface area contributed by atoms with Gasteiger partial charge in [0.2, 0.25) is 5.91 Å². The molecule has 0 radical (unpaired) electrons. The summed E-state index contributed by atoms with van der Waals surface area (Å²) in [6.07, 6.45) is 3.78. The number of aliphatic carboxylic acids is 1. The number of nitrogens with zero attached hydrogens (tertiary/aromatic N) is 1. The van der Waals surface area contributed by atoms with Crippen LogP contribution in [0.1, 0.15) is 12.0 Å². The Morgan fingerprint density at radius 2 is 2.31 bits per heavy atom. The van der Waals surface area contributed by atoms with Gasteiger partial charge in [0.15, 0.2) is 0 Å². The summed E-state index contributed by atoms with van der Waals surface area (Å²) in [5.41, 5.74) is 0.906. The monoisotopic (exact) mass is 220 g/mol. The number of rotatable bonds is 4. The predicted octanol–water partition coefficient (Wildman–Crippen LogP) is 0.418. The molecule has 2 atom stereocenters. The number of hydrogen-bond acceptors (Lipinski definition) is 3. The smallest absolute Gasteiger partial charge is 0.307 e. The van der Waals surface area contributed by atoms with Crippen LogP contribution in [-0.2, 0) is 16.1 Å². The summed E-state index contributed by atoms with van der Waals surface area (Å²) < 4.78 is 0. The van der Waals surface area contributed by atoms with Gasteiger partial charge in [-0.1, -0.05) is 6.07 Å². The fraction of sp³-hybridized carbons (Fsp3) is 0.364. The highest BCUT2D eigenvalue weighted by Gasteiger charge is 2.48. The Kier molecular flexibility index (Phi) is 2.85. The van der Waals surface area contributed by atoms with E-state index in [4.69, 9.17) is 5.11 Å². The van der Waals surface area contributed by atoms with Gasteiger partial charge in [0, 0.05) is 18.9 Å². The van der Waals surface area contributed by atoms with Crippen molar-refractivity contribution in [3.63, 3.8) is 0 Å². The first-order valence-electron chi connectivity index (χ1n) is 5.08. The van der Waals surface area contributed by atoms with Crippen LogP contribution in [0.4, 0.5) is 0 Å². The van der Waals surface area contributed by atoms with Gasteiger partial charge in [0.1, 0.15) is 0 Å². The minimum Gasteiger partial charge on any atom is -0.481 e. The maximum Gasteiger partial charge on any atom is 0.307 e. The molecule has 1 heterocycles. The highest BCUT2D eigenvalue weighted by atomic mass is 16.4. The van der Waals surface area contributed by atoms with Gasteiger partial charge in [-0.2, -0.15) is 0 Å². The van der Waals surface area contributed by atoms with E-state index in [0.29, 0.717) is 13.0 Å². The topological polar surface area (TPSA) is 79.3 Å². The minimum absolute atomic E-state index is 0.184. The molecule has 1 fully saturated rings. The Morgan fingerprint density at radius 3 is 2.88 bits per heavy atom. The molecule has 2 N–H and O–H groups in total. The van der Waals surface area contributed by atoms with Crippen LogP contribution in [0, 0.1) is 11.8 Å². The van der Waals surface area contributed by atoms with Crippen LogP contribution in [0.25, 0.3) is 0 Å². The summed E-state index contributed by atoms with van der Waals surface area (Å²) in [4.78, 5) is 26.0. The molecule has 1 aromatic rings. The summed E-state index contributed by atoms with van der Waals surface area (Å²) >= 11 is 0. The van der Waals surface area contributed by atoms with E-state index in [2.05, 4.69) is 10.3 Å². The van der Waals surface area contributed by atoms with E-state index in [1.165, 1.54) is 0 Å². The Balaban J connectivity index is 1.80. The van der Waals surface area contributed by atoms with Crippen molar-refractivity contribution in [2.24, 2.45) is 11.8 Å². The zero-order valence-electron chi connectivity index (χ0n) is 8.59. The number of pyridine rings is 1. The minimum atomic E-state index is -0.887. The van der Waals surface area contributed by atoms with Gasteiger partial charge < -0.3 is 10.4 Å². The van der Waals surface area contributed by atoms with Gasteiger partial charge >= 0.3 is 5.97 Å². The molecule has 0 aromatic carbocycles. The third-order valence-corrected chi connectivity index (χ3v) is 2.63. The predicted molar refractivity (Wildman–Crippen MR) is 55.3 cm³/mol. The Hall–Kier alpha value is -1.91. The van der Waals surface area contributed by atoms with Gasteiger partial charge in [0.25, 0.3) is 0 Å². The normalized spacial score (nSPS) is 22.5. The third-order valence-electron chi connectivity index (χ3n) is 2.63. The quantitative estimate of drug-likeness (QED) is 0.770. The molecule has 16 heavy (non-hydrogen) atoms. The van der Waals surface area contributed by atoms with Crippen molar-refractivity contribution in [3.8, 4) is 0 Å². The Bertz CT molecular complexity index is 405. The molecule has 1 aliphatic carbocycles. The number of nitrogens with one attached hydrogen (secondary N) is 1. The fourth-order valence-corrected chi connectivity index (χ4v) is 1.58. The standard InChI is InChI=1S/C11H12N2O3/c14-10(8-4-9(8)11(15)16)13-6-7-2-1-3-12-5-7/h1-3,5,8-9H,4,6H2,(H,13,14)(H,15,16)/t8-,9+/m1/s1. The first kappa shape index (κ1) is 10.6. The number of hydrogen-bond donors (Lipinski definition) is 2. The summed E-state index contributed by atoms with van der Waals surface area (Å²) in [6.45, 7) is 0.398. The molecular formula is C11H12N2O3. The highest BCUT2D eigenvalue weighted by Crippen LogP contribution is 2.38. The number of carbonyl (C=O) groups excluding carboxylic acids is 1. The van der Waals surface area contributed by atoms with Crippen molar-refractivity contribution in [1.29, 1.82) is 0 Å². The summed E-state index contributed by atoms with van der Waals surface area (Å²) in [5, 5.41) is 11.4. The molecule has 84 valence electrons. The lowest BCUT2D eigenvalue weighted by Crippen LogP contribution is -2.25. The number of amides is 1. The lowest BCUT2D eigenvalue weighted by Gasteiger charge is -2.03. The highest BCUT2D eigenvalue weighted by molar-refractivity contribution is 5.89. The third kappa shape index (κ3) is 2.36. The van der Waals surface area contributed by atoms with Gasteiger partial charge in [-0.05, 0) is 18.1 Å². The van der Waals surface area contributed by atoms with Crippen molar-refractivity contribution in [3.05, 3.63) is 30.1 Å². The molecule has 5 nitrogen and oxygen atoms in total. The van der Waals surface area contributed by atoms with Crippen LogP contribution >= 0.6 is 0 Å². The second-order valence-corrected chi connectivity index (χ2v) is 3.87. The summed E-state index contributed by atoms with van der Waals surface area (Å²) in [6, 6.07) is 3.65. The molecule has 5 heteroatoms. The van der Waals surface area contributed by atoms with E-state index in [0.717, 1.165) is 5.56 Å². The van der Waals surface area contributed by atoms with Crippen LogP contribution in [0.15, 0.2) is 24.5 Å². The van der Waals surface area contributed by atoms with E-state index < -0.39 is 11.9 Å². The van der Waals surface area contributed by atoms with Crippen molar-refractivity contribution in [2.75, 3.05) is 0 Å². The maximum atomic E-state index is 11.5. The summed E-state index contributed by atoms with van der Waals surface area (Å²) in [7, 11) is 0. The van der Waals surface area contributed by atoms with Crippen LogP contribution in [0.2, 0.25) is 0 Å². The first-order chi connectivity index (χ1) is 7.68. The first-order valence-corrected chi connectivity index (χ1v) is 5.08. The molecule has 1 amide bonds. The van der Waals surface area contributed by atoms with E-state index in [1.807, 2.05) is 6.07 Å². The van der Waals surface area contributed by atoms with Crippen molar-refractivity contribution < 1.29 is 14.7 Å². The molecule has 2 rings (SSSR count). The van der Waals surface area contributed by atoms with Gasteiger partial charge in [-0.15, -0.1) is 0 Å². The molecular weight excluding hydrogens is 208 g/mol. The van der Waals surface area contributed by atoms with E-state index in [9.17, 15) is 9.59 Å². The van der Waals surface area contributed by atoms with Crippen molar-refractivity contribution >= 4 is 11.9 Å². The molecule has 0 spiro atoms. The van der Waals surface area contributed by atoms with Gasteiger partial charge in [-0.25, -0.2) is 0 Å². The second-order valence-electron chi connectivity index (χ2n) is 3.87. The molecule has 0 aliphatic heterocycles. The number of carboxylic acids is 1. The average Bonchev–Trinajstić information content (AvgIpc) is 3.07. The lowest BCUT2D eigenvalue weighted by atomic mass is 10.2. The SMILES string of the molecule is O=C(O)[C@H]1C[C@H]1C(=O)NCc1cccnc1. The van der Waals surface area contributed by atoms with Crippen molar-refractivity contribution in [1.82, 2.24) is 10.3 Å². The molecule has 1 aliphatic rings. The average molecular weight is 220 g/mol. The van der Waals surface area contributed by atoms with Gasteiger partial charge in [-0.3, -0.25) is 14.6 Å². The molecule has 0 unspecified atom stereocenters. The van der Waals surface area contributed by atoms with E-state index in [-0.39, 0.29) is 11.8 Å². The maximum absolute atomic E-state index is 11.5. The Labute approximate surface area is 92.5 Å². The number of carbonyl (C=O) groups is 2. The Morgan fingerprint density at radius 1 is 1.50 bits per heavy atom. The zero-order chi connectivity index (χ0) is 11.5. The van der Waals surface area contributed by atoms with Crippen molar-refractivity contribution in [2.45, 2.75) is 13.0 Å². The zero-order valence-corrected chi connectivity index (χ0v) is 8.59. The molecule has 0 saturated heterocycles. The molecule has 1 saturated carbocycles. The van der Waals surface area contributed by atoms with Crippen LogP contribution < -0.4 is 5.32 Å². The van der Waals surface area contributed by atoms with Crippen LogP contribution in [0.5, 0.6) is 0 Å². The number of aromatic nitrogens is 1. The van der Waals surface area contributed by atoms with E-state index >= 15 is 0 Å². The van der Waals surface area contributed by atoms with E-state index in [1.54, 1.807) is 18.5 Å². The number of carboxylic acid groups (broad SMARTS) is 1. The fourth-order valence-electron chi connectivity index (χ4n) is 1.58. The van der Waals surface area contributed by atoms with Crippen LogP contribution in [-0.4, -0.2) is 22.0 Å². The molecule has 0 bridgehead atoms. The van der Waals surface area contributed by atoms with Gasteiger partial charge in [0.05, 0.1) is 11.8 Å². The second kappa shape index (κ2) is 4.30. The lowest BCUT2D eigenvalue weighted by molar-refractivity contribution is -0.140. The largest absolute Gasteiger partial charge is 0.481 e. The summed E-state index contributed by atoms with van der Waals surface area (Å²) in [5.74, 6) is -1.92.